The second kappa shape index (κ2) is 4.91. The quantitative estimate of drug-likeness (QED) is 0.750. The highest BCUT2D eigenvalue weighted by Crippen LogP contribution is 2.26. The van der Waals surface area contributed by atoms with Crippen molar-refractivity contribution in [3.8, 4) is 0 Å². The Kier molecular flexibility index (Phi) is 3.83. The minimum absolute atomic E-state index is 0.273. The van der Waals surface area contributed by atoms with Gasteiger partial charge in [0.1, 0.15) is 5.25 Å². The molecule has 0 aliphatic heterocycles. The van der Waals surface area contributed by atoms with Gasteiger partial charge in [-0.25, -0.2) is 0 Å². The van der Waals surface area contributed by atoms with Gasteiger partial charge in [-0.05, 0) is 18.4 Å². The van der Waals surface area contributed by atoms with E-state index in [0.717, 1.165) is 5.69 Å². The van der Waals surface area contributed by atoms with Gasteiger partial charge < -0.3 is 10.3 Å². The number of amides is 1. The van der Waals surface area contributed by atoms with E-state index in [9.17, 15) is 4.79 Å². The number of aromatic nitrogens is 1. The van der Waals surface area contributed by atoms with E-state index in [0.29, 0.717) is 6.54 Å². The van der Waals surface area contributed by atoms with Crippen LogP contribution in [0.2, 0.25) is 0 Å². The number of nitrogens with two attached hydrogens (primary N) is 1. The van der Waals surface area contributed by atoms with Gasteiger partial charge in [-0.1, -0.05) is 6.08 Å². The maximum absolute atomic E-state index is 11.1. The van der Waals surface area contributed by atoms with E-state index in [2.05, 4.69) is 6.58 Å². The number of thioether (sulfide) groups is 1. The molecule has 14 heavy (non-hydrogen) atoms. The van der Waals surface area contributed by atoms with Crippen molar-refractivity contribution in [2.45, 2.75) is 11.8 Å². The summed E-state index contributed by atoms with van der Waals surface area (Å²) in [5, 5.41) is -0.273. The lowest BCUT2D eigenvalue weighted by atomic mass is 10.3. The van der Waals surface area contributed by atoms with Crippen LogP contribution in [0.25, 0.3) is 0 Å². The van der Waals surface area contributed by atoms with E-state index in [1.54, 1.807) is 6.08 Å². The third-order valence-corrected chi connectivity index (χ3v) is 2.90. The van der Waals surface area contributed by atoms with Crippen LogP contribution in [-0.4, -0.2) is 16.7 Å². The molecular weight excluding hydrogens is 196 g/mol. The van der Waals surface area contributed by atoms with Gasteiger partial charge in [0.05, 0.1) is 0 Å². The molecule has 1 aromatic rings. The third-order valence-electron chi connectivity index (χ3n) is 1.95. The first-order chi connectivity index (χ1) is 6.70. The van der Waals surface area contributed by atoms with Crippen molar-refractivity contribution in [1.29, 1.82) is 0 Å². The summed E-state index contributed by atoms with van der Waals surface area (Å²) in [6, 6.07) is 3.82. The van der Waals surface area contributed by atoms with Gasteiger partial charge in [-0.2, -0.15) is 0 Å². The molecule has 0 fully saturated rings. The van der Waals surface area contributed by atoms with Crippen molar-refractivity contribution < 1.29 is 4.79 Å². The fourth-order valence-electron chi connectivity index (χ4n) is 1.35. The number of carbonyl (C=O) groups excluding carboxylic acids is 1. The zero-order chi connectivity index (χ0) is 10.6. The van der Waals surface area contributed by atoms with Crippen molar-refractivity contribution in [3.05, 3.63) is 36.7 Å². The van der Waals surface area contributed by atoms with Gasteiger partial charge in [0, 0.05) is 18.4 Å². The van der Waals surface area contributed by atoms with E-state index in [-0.39, 0.29) is 11.2 Å². The standard InChI is InChI=1S/C10H14N2OS/c1-3-6-12-7-4-5-8(12)9(14-2)10(11)13/h3-5,7,9H,1,6H2,2H3,(H2,11,13). The Bertz CT molecular complexity index is 333. The maximum Gasteiger partial charge on any atom is 0.236 e. The first-order valence-corrected chi connectivity index (χ1v) is 5.57. The minimum Gasteiger partial charge on any atom is -0.368 e. The molecule has 0 spiro atoms. The normalized spacial score (nSPS) is 12.4. The Morgan fingerprint density at radius 1 is 1.86 bits per heavy atom. The van der Waals surface area contributed by atoms with Crippen LogP contribution in [0.15, 0.2) is 31.0 Å². The number of hydrogen-bond acceptors (Lipinski definition) is 2. The van der Waals surface area contributed by atoms with Gasteiger partial charge >= 0.3 is 0 Å². The fraction of sp³-hybridized carbons (Fsp3) is 0.300. The lowest BCUT2D eigenvalue weighted by molar-refractivity contribution is -0.117. The molecule has 0 aromatic carbocycles. The van der Waals surface area contributed by atoms with Crippen LogP contribution in [0.5, 0.6) is 0 Å². The van der Waals surface area contributed by atoms with E-state index in [4.69, 9.17) is 5.73 Å². The number of carbonyl (C=O) groups is 1. The highest BCUT2D eigenvalue weighted by Gasteiger charge is 2.18. The average Bonchev–Trinajstić information content (AvgIpc) is 2.55. The highest BCUT2D eigenvalue weighted by atomic mass is 32.2. The molecule has 0 saturated carbocycles. The van der Waals surface area contributed by atoms with Crippen molar-refractivity contribution >= 4 is 17.7 Å². The molecule has 0 bridgehead atoms. The molecule has 1 aromatic heterocycles. The van der Waals surface area contributed by atoms with Crippen molar-refractivity contribution in [2.24, 2.45) is 5.73 Å². The molecule has 1 unspecified atom stereocenters. The van der Waals surface area contributed by atoms with Gasteiger partial charge in [0.2, 0.25) is 5.91 Å². The van der Waals surface area contributed by atoms with E-state index in [1.807, 2.05) is 29.2 Å². The molecule has 0 aliphatic carbocycles. The average molecular weight is 210 g/mol. The monoisotopic (exact) mass is 210 g/mol. The fourth-order valence-corrected chi connectivity index (χ4v) is 2.04. The molecule has 76 valence electrons. The molecular formula is C10H14N2OS. The molecule has 3 nitrogen and oxygen atoms in total. The zero-order valence-corrected chi connectivity index (χ0v) is 8.96. The Morgan fingerprint density at radius 2 is 2.57 bits per heavy atom. The Balaban J connectivity index is 2.96. The van der Waals surface area contributed by atoms with Gasteiger partial charge in [0.15, 0.2) is 0 Å². The van der Waals surface area contributed by atoms with E-state index in [1.165, 1.54) is 11.8 Å². The second-order valence-corrected chi connectivity index (χ2v) is 3.84. The molecule has 1 rings (SSSR count). The Hall–Kier alpha value is -1.16. The van der Waals surface area contributed by atoms with Crippen LogP contribution < -0.4 is 5.73 Å². The van der Waals surface area contributed by atoms with Crippen LogP contribution in [0.1, 0.15) is 10.9 Å². The van der Waals surface area contributed by atoms with Crippen LogP contribution in [0.4, 0.5) is 0 Å². The SMILES string of the molecule is C=CCn1cccc1C(SC)C(N)=O. The summed E-state index contributed by atoms with van der Waals surface area (Å²) in [6.07, 6.45) is 5.59. The molecule has 0 aliphatic rings. The first-order valence-electron chi connectivity index (χ1n) is 4.28. The molecule has 4 heteroatoms. The lowest BCUT2D eigenvalue weighted by Gasteiger charge is -2.13. The van der Waals surface area contributed by atoms with Gasteiger partial charge in [-0.15, -0.1) is 18.3 Å². The summed E-state index contributed by atoms with van der Waals surface area (Å²) in [5.41, 5.74) is 6.24. The summed E-state index contributed by atoms with van der Waals surface area (Å²) in [7, 11) is 0. The van der Waals surface area contributed by atoms with Crippen molar-refractivity contribution in [3.63, 3.8) is 0 Å². The summed E-state index contributed by atoms with van der Waals surface area (Å²) >= 11 is 1.45. The van der Waals surface area contributed by atoms with Gasteiger partial charge in [-0.3, -0.25) is 4.79 Å². The summed E-state index contributed by atoms with van der Waals surface area (Å²) in [6.45, 7) is 4.36. The molecule has 0 saturated heterocycles. The highest BCUT2D eigenvalue weighted by molar-refractivity contribution is 7.99. The van der Waals surface area contributed by atoms with Gasteiger partial charge in [0.25, 0.3) is 0 Å². The van der Waals surface area contributed by atoms with Crippen LogP contribution >= 0.6 is 11.8 Å². The van der Waals surface area contributed by atoms with Crippen molar-refractivity contribution in [2.75, 3.05) is 6.26 Å². The summed E-state index contributed by atoms with van der Waals surface area (Å²) in [5.74, 6) is -0.304. The number of rotatable bonds is 5. The number of nitrogens with zero attached hydrogens (tertiary/aromatic N) is 1. The smallest absolute Gasteiger partial charge is 0.236 e. The zero-order valence-electron chi connectivity index (χ0n) is 8.14. The van der Waals surface area contributed by atoms with Crippen molar-refractivity contribution in [1.82, 2.24) is 4.57 Å². The molecule has 1 atom stereocenters. The van der Waals surface area contributed by atoms with Crippen LogP contribution in [0.3, 0.4) is 0 Å². The first kappa shape index (κ1) is 10.9. The summed E-state index contributed by atoms with van der Waals surface area (Å²) < 4.78 is 1.97. The molecule has 0 radical (unpaired) electrons. The molecule has 1 heterocycles. The molecule has 1 amide bonds. The maximum atomic E-state index is 11.1. The summed E-state index contributed by atoms with van der Waals surface area (Å²) in [4.78, 5) is 11.1. The number of primary amides is 1. The number of allylic oxidation sites excluding steroid dienone is 1. The number of hydrogen-bond donors (Lipinski definition) is 1. The largest absolute Gasteiger partial charge is 0.368 e. The van der Waals surface area contributed by atoms with Crippen LogP contribution in [0, 0.1) is 0 Å². The van der Waals surface area contributed by atoms with E-state index < -0.39 is 0 Å². The van der Waals surface area contributed by atoms with Crippen LogP contribution in [-0.2, 0) is 11.3 Å². The third kappa shape index (κ3) is 2.20. The lowest BCUT2D eigenvalue weighted by Crippen LogP contribution is -2.21. The molecule has 2 N–H and O–H groups in total. The predicted molar refractivity (Wildman–Crippen MR) is 60.1 cm³/mol. The predicted octanol–water partition coefficient (Wildman–Crippen LogP) is 1.56. The Morgan fingerprint density at radius 3 is 3.07 bits per heavy atom. The Labute approximate surface area is 88.0 Å². The minimum atomic E-state index is -0.304. The van der Waals surface area contributed by atoms with E-state index >= 15 is 0 Å². The topological polar surface area (TPSA) is 48.0 Å². The second-order valence-electron chi connectivity index (χ2n) is 2.89.